The minimum Gasteiger partial charge on any atom is -0.444 e. The summed E-state index contributed by atoms with van der Waals surface area (Å²) in [6.07, 6.45) is -0.689. The van der Waals surface area contributed by atoms with Crippen molar-refractivity contribution in [3.8, 4) is 0 Å². The lowest BCUT2D eigenvalue weighted by Gasteiger charge is -2.19. The fourth-order valence-corrected chi connectivity index (χ4v) is 1.65. The lowest BCUT2D eigenvalue weighted by Crippen LogP contribution is -2.42. The molecule has 0 fully saturated rings. The van der Waals surface area contributed by atoms with Gasteiger partial charge in [0.05, 0.1) is 12.1 Å². The van der Waals surface area contributed by atoms with Crippen LogP contribution in [0.25, 0.3) is 0 Å². The average Bonchev–Trinajstić information content (AvgIpc) is 2.48. The van der Waals surface area contributed by atoms with Crippen LogP contribution in [0, 0.1) is 5.82 Å². The summed E-state index contributed by atoms with van der Waals surface area (Å²) in [5.41, 5.74) is -0.701. The Kier molecular flexibility index (Phi) is 7.16. The molecule has 1 aromatic rings. The molecule has 132 valence electrons. The largest absolute Gasteiger partial charge is 0.444 e. The Labute approximate surface area is 139 Å². The monoisotopic (exact) mass is 339 g/mol. The van der Waals surface area contributed by atoms with Crippen LogP contribution >= 0.6 is 0 Å². The first-order valence-electron chi connectivity index (χ1n) is 7.45. The summed E-state index contributed by atoms with van der Waals surface area (Å²) in [7, 11) is 0. The van der Waals surface area contributed by atoms with Crippen LogP contribution in [0.5, 0.6) is 0 Å². The molecule has 1 rings (SSSR count). The van der Waals surface area contributed by atoms with E-state index in [2.05, 4.69) is 16.0 Å². The predicted octanol–water partition coefficient (Wildman–Crippen LogP) is 1.20. The van der Waals surface area contributed by atoms with Crippen LogP contribution in [-0.4, -0.2) is 43.1 Å². The van der Waals surface area contributed by atoms with Crippen molar-refractivity contribution in [1.29, 1.82) is 0 Å². The number of nitrogens with one attached hydrogen (secondary N) is 3. The molecule has 0 saturated heterocycles. The third kappa shape index (κ3) is 7.57. The third-order valence-electron chi connectivity index (χ3n) is 2.64. The summed E-state index contributed by atoms with van der Waals surface area (Å²) in [5.74, 6) is -1.60. The number of hydrogen-bond acceptors (Lipinski definition) is 4. The molecule has 0 radical (unpaired) electrons. The first-order chi connectivity index (χ1) is 11.2. The van der Waals surface area contributed by atoms with Gasteiger partial charge in [-0.25, -0.2) is 9.18 Å². The molecule has 0 aromatic heterocycles. The van der Waals surface area contributed by atoms with Gasteiger partial charge in [-0.3, -0.25) is 9.59 Å². The van der Waals surface area contributed by atoms with Crippen molar-refractivity contribution in [2.75, 3.05) is 19.6 Å². The Bertz CT molecular complexity index is 599. The van der Waals surface area contributed by atoms with Gasteiger partial charge in [-0.15, -0.1) is 0 Å². The molecule has 0 bridgehead atoms. The average molecular weight is 339 g/mol. The van der Waals surface area contributed by atoms with Crippen molar-refractivity contribution in [2.24, 2.45) is 0 Å². The Hall–Kier alpha value is -2.64. The predicted molar refractivity (Wildman–Crippen MR) is 86.0 cm³/mol. The quantitative estimate of drug-likeness (QED) is 0.679. The van der Waals surface area contributed by atoms with E-state index >= 15 is 0 Å². The van der Waals surface area contributed by atoms with Gasteiger partial charge in [0.1, 0.15) is 11.4 Å². The number of carbonyl (C=O) groups excluding carboxylic acids is 3. The molecule has 0 saturated carbocycles. The van der Waals surface area contributed by atoms with Crippen LogP contribution in [0.1, 0.15) is 31.1 Å². The molecule has 24 heavy (non-hydrogen) atoms. The van der Waals surface area contributed by atoms with E-state index in [1.165, 1.54) is 18.2 Å². The van der Waals surface area contributed by atoms with E-state index in [1.807, 2.05) is 0 Å². The molecule has 0 aliphatic heterocycles. The van der Waals surface area contributed by atoms with Crippen LogP contribution in [-0.2, 0) is 9.53 Å². The van der Waals surface area contributed by atoms with Gasteiger partial charge in [0.15, 0.2) is 0 Å². The molecule has 1 aromatic carbocycles. The molecule has 7 nitrogen and oxygen atoms in total. The standard InChI is InChI=1S/C16H22FN3O4/c1-16(2,3)24-15(23)20-10-13(21)18-8-9-19-14(22)11-6-4-5-7-12(11)17/h4-7H,8-10H2,1-3H3,(H,18,21)(H,19,22)(H,20,23). The highest BCUT2D eigenvalue weighted by Crippen LogP contribution is 2.06. The second-order valence-electron chi connectivity index (χ2n) is 5.94. The number of amides is 3. The van der Waals surface area contributed by atoms with Crippen LogP contribution < -0.4 is 16.0 Å². The highest BCUT2D eigenvalue weighted by molar-refractivity contribution is 5.94. The van der Waals surface area contributed by atoms with Gasteiger partial charge >= 0.3 is 6.09 Å². The highest BCUT2D eigenvalue weighted by Gasteiger charge is 2.16. The minimum absolute atomic E-state index is 0.0598. The SMILES string of the molecule is CC(C)(C)OC(=O)NCC(=O)NCCNC(=O)c1ccccc1F. The third-order valence-corrected chi connectivity index (χ3v) is 2.64. The minimum atomic E-state index is -0.689. The molecule has 0 aliphatic rings. The smallest absolute Gasteiger partial charge is 0.408 e. The van der Waals surface area contributed by atoms with E-state index in [1.54, 1.807) is 26.8 Å². The normalized spacial score (nSPS) is 10.7. The molecular weight excluding hydrogens is 317 g/mol. The van der Waals surface area contributed by atoms with E-state index in [9.17, 15) is 18.8 Å². The van der Waals surface area contributed by atoms with Gasteiger partial charge in [0.2, 0.25) is 5.91 Å². The molecule has 0 atom stereocenters. The number of benzene rings is 1. The van der Waals surface area contributed by atoms with E-state index in [0.29, 0.717) is 0 Å². The zero-order chi connectivity index (χ0) is 18.2. The van der Waals surface area contributed by atoms with Crippen molar-refractivity contribution in [3.63, 3.8) is 0 Å². The second-order valence-corrected chi connectivity index (χ2v) is 5.94. The van der Waals surface area contributed by atoms with Crippen LogP contribution in [0.2, 0.25) is 0 Å². The number of rotatable bonds is 6. The second kappa shape index (κ2) is 8.85. The summed E-state index contributed by atoms with van der Waals surface area (Å²) >= 11 is 0. The van der Waals surface area contributed by atoms with Crippen molar-refractivity contribution in [1.82, 2.24) is 16.0 Å². The van der Waals surface area contributed by atoms with E-state index in [0.717, 1.165) is 0 Å². The lowest BCUT2D eigenvalue weighted by atomic mass is 10.2. The molecule has 3 N–H and O–H groups in total. The molecular formula is C16H22FN3O4. The van der Waals surface area contributed by atoms with Gasteiger partial charge in [-0.05, 0) is 32.9 Å². The van der Waals surface area contributed by atoms with Crippen LogP contribution in [0.15, 0.2) is 24.3 Å². The first-order valence-corrected chi connectivity index (χ1v) is 7.45. The lowest BCUT2D eigenvalue weighted by molar-refractivity contribution is -0.120. The number of ether oxygens (including phenoxy) is 1. The number of alkyl carbamates (subject to hydrolysis) is 1. The van der Waals surface area contributed by atoms with E-state index in [-0.39, 0.29) is 25.2 Å². The maximum atomic E-state index is 13.4. The molecule has 0 unspecified atom stereocenters. The summed E-state index contributed by atoms with van der Waals surface area (Å²) in [4.78, 5) is 34.6. The van der Waals surface area contributed by atoms with Crippen molar-refractivity contribution < 1.29 is 23.5 Å². The zero-order valence-corrected chi connectivity index (χ0v) is 13.9. The number of halogens is 1. The summed E-state index contributed by atoms with van der Waals surface area (Å²) in [6, 6.07) is 5.61. The van der Waals surface area contributed by atoms with Crippen LogP contribution in [0.4, 0.5) is 9.18 Å². The first kappa shape index (κ1) is 19.4. The highest BCUT2D eigenvalue weighted by atomic mass is 19.1. The maximum Gasteiger partial charge on any atom is 0.408 e. The summed E-state index contributed by atoms with van der Waals surface area (Å²) < 4.78 is 18.4. The molecule has 0 heterocycles. The zero-order valence-electron chi connectivity index (χ0n) is 13.9. The summed E-state index contributed by atoms with van der Waals surface area (Å²) in [6.45, 7) is 5.18. The van der Waals surface area contributed by atoms with Gasteiger partial charge in [-0.1, -0.05) is 12.1 Å². The van der Waals surface area contributed by atoms with Gasteiger partial charge < -0.3 is 20.7 Å². The number of carbonyl (C=O) groups is 3. The Balaban J connectivity index is 2.21. The van der Waals surface area contributed by atoms with Crippen molar-refractivity contribution in [2.45, 2.75) is 26.4 Å². The Morgan fingerprint density at radius 3 is 2.29 bits per heavy atom. The van der Waals surface area contributed by atoms with E-state index in [4.69, 9.17) is 4.74 Å². The van der Waals surface area contributed by atoms with Crippen molar-refractivity contribution >= 4 is 17.9 Å². The molecule has 3 amide bonds. The molecule has 8 heteroatoms. The Morgan fingerprint density at radius 1 is 1.04 bits per heavy atom. The van der Waals surface area contributed by atoms with E-state index < -0.39 is 29.3 Å². The number of hydrogen-bond donors (Lipinski definition) is 3. The molecule has 0 spiro atoms. The fourth-order valence-electron chi connectivity index (χ4n) is 1.65. The van der Waals surface area contributed by atoms with Gasteiger partial charge in [0, 0.05) is 13.1 Å². The van der Waals surface area contributed by atoms with Gasteiger partial charge in [0.25, 0.3) is 5.91 Å². The maximum absolute atomic E-state index is 13.4. The van der Waals surface area contributed by atoms with Crippen molar-refractivity contribution in [3.05, 3.63) is 35.6 Å². The van der Waals surface area contributed by atoms with Gasteiger partial charge in [-0.2, -0.15) is 0 Å². The fraction of sp³-hybridized carbons (Fsp3) is 0.438. The topological polar surface area (TPSA) is 96.5 Å². The van der Waals surface area contributed by atoms with Crippen LogP contribution in [0.3, 0.4) is 0 Å². The molecule has 0 aliphatic carbocycles. The summed E-state index contributed by atoms with van der Waals surface area (Å²) in [5, 5.41) is 7.30. The Morgan fingerprint density at radius 2 is 1.67 bits per heavy atom.